The summed E-state index contributed by atoms with van der Waals surface area (Å²) < 4.78 is 1.18. The van der Waals surface area contributed by atoms with E-state index in [9.17, 15) is 0 Å². The number of rotatable bonds is 1. The summed E-state index contributed by atoms with van der Waals surface area (Å²) >= 11 is 3.23. The third-order valence-electron chi connectivity index (χ3n) is 2.23. The van der Waals surface area contributed by atoms with Gasteiger partial charge in [0.1, 0.15) is 11.1 Å². The molecule has 16 heavy (non-hydrogen) atoms. The largest absolute Gasteiger partial charge is 0.235 e. The van der Waals surface area contributed by atoms with Crippen molar-refractivity contribution in [2.75, 3.05) is 0 Å². The second-order valence-electron chi connectivity index (χ2n) is 3.30. The molecule has 0 spiro atoms. The fraction of sp³-hybridized carbons (Fsp3) is 0. The van der Waals surface area contributed by atoms with Crippen LogP contribution in [0.4, 0.5) is 0 Å². The van der Waals surface area contributed by atoms with Crippen LogP contribution < -0.4 is 0 Å². The molecule has 0 N–H and O–H groups in total. The highest BCUT2D eigenvalue weighted by atomic mass is 32.1. The molecule has 0 aliphatic rings. The molecular formula is C12H6N2S2. The fourth-order valence-corrected chi connectivity index (χ4v) is 3.35. The van der Waals surface area contributed by atoms with E-state index in [1.54, 1.807) is 22.7 Å². The summed E-state index contributed by atoms with van der Waals surface area (Å²) in [6, 6.07) is 12.1. The van der Waals surface area contributed by atoms with E-state index in [0.29, 0.717) is 5.56 Å². The monoisotopic (exact) mass is 242 g/mol. The van der Waals surface area contributed by atoms with Crippen molar-refractivity contribution in [3.63, 3.8) is 0 Å². The van der Waals surface area contributed by atoms with Crippen molar-refractivity contribution in [3.05, 3.63) is 41.3 Å². The molecule has 0 saturated carbocycles. The van der Waals surface area contributed by atoms with Crippen molar-refractivity contribution in [1.29, 1.82) is 5.26 Å². The highest BCUT2D eigenvalue weighted by molar-refractivity contribution is 7.25. The van der Waals surface area contributed by atoms with Crippen molar-refractivity contribution in [3.8, 4) is 16.0 Å². The molecule has 0 aliphatic carbocycles. The van der Waals surface area contributed by atoms with E-state index < -0.39 is 0 Å². The third-order valence-corrected chi connectivity index (χ3v) is 4.37. The quantitative estimate of drug-likeness (QED) is 0.649. The average molecular weight is 242 g/mol. The van der Waals surface area contributed by atoms with Gasteiger partial charge in [0.2, 0.25) is 0 Å². The number of thiophene rings is 1. The van der Waals surface area contributed by atoms with Crippen molar-refractivity contribution in [2.24, 2.45) is 0 Å². The Morgan fingerprint density at radius 1 is 1.25 bits per heavy atom. The molecule has 0 unspecified atom stereocenters. The van der Waals surface area contributed by atoms with E-state index in [1.165, 1.54) is 4.70 Å². The van der Waals surface area contributed by atoms with Crippen LogP contribution in [-0.2, 0) is 0 Å². The summed E-state index contributed by atoms with van der Waals surface area (Å²) in [6.45, 7) is 0. The Hall–Kier alpha value is -1.70. The summed E-state index contributed by atoms with van der Waals surface area (Å²) in [4.78, 5) is 5.62. The number of nitrogens with zero attached hydrogens (tertiary/aromatic N) is 2. The van der Waals surface area contributed by atoms with Crippen LogP contribution in [-0.4, -0.2) is 4.98 Å². The first-order chi connectivity index (χ1) is 7.86. The fourth-order valence-electron chi connectivity index (χ4n) is 1.48. The molecule has 0 fully saturated rings. The Morgan fingerprint density at radius 3 is 2.88 bits per heavy atom. The Bertz CT molecular complexity index is 655. The number of benzene rings is 1. The standard InChI is InChI=1S/C12H6N2S2/c13-6-8-5-11(15-7-8)12-14-9-3-1-2-4-10(9)16-12/h1-5,7H. The number of nitriles is 1. The van der Waals surface area contributed by atoms with Crippen LogP contribution in [0.2, 0.25) is 0 Å². The number of hydrogen-bond acceptors (Lipinski definition) is 4. The van der Waals surface area contributed by atoms with Gasteiger partial charge in [0, 0.05) is 5.38 Å². The molecular weight excluding hydrogens is 236 g/mol. The van der Waals surface area contributed by atoms with Gasteiger partial charge in [-0.05, 0) is 18.2 Å². The van der Waals surface area contributed by atoms with Crippen LogP contribution in [0.25, 0.3) is 20.1 Å². The molecule has 3 rings (SSSR count). The Labute approximate surface area is 100 Å². The van der Waals surface area contributed by atoms with E-state index in [4.69, 9.17) is 5.26 Å². The number of para-hydroxylation sites is 1. The summed E-state index contributed by atoms with van der Waals surface area (Å²) in [5.41, 5.74) is 1.73. The number of hydrogen-bond donors (Lipinski definition) is 0. The molecule has 2 aromatic heterocycles. The Balaban J connectivity index is 2.15. The van der Waals surface area contributed by atoms with Gasteiger partial charge in [0.15, 0.2) is 0 Å². The first kappa shape index (κ1) is 9.52. The minimum atomic E-state index is 0.708. The number of thiazole rings is 1. The topological polar surface area (TPSA) is 36.7 Å². The lowest BCUT2D eigenvalue weighted by Gasteiger charge is -1.84. The van der Waals surface area contributed by atoms with Gasteiger partial charge in [-0.1, -0.05) is 12.1 Å². The van der Waals surface area contributed by atoms with Gasteiger partial charge in [-0.2, -0.15) is 5.26 Å². The predicted molar refractivity (Wildman–Crippen MR) is 67.6 cm³/mol. The van der Waals surface area contributed by atoms with E-state index in [2.05, 4.69) is 17.1 Å². The molecule has 3 aromatic rings. The zero-order chi connectivity index (χ0) is 11.0. The molecule has 4 heteroatoms. The van der Waals surface area contributed by atoms with Crippen molar-refractivity contribution in [2.45, 2.75) is 0 Å². The molecule has 0 radical (unpaired) electrons. The lowest BCUT2D eigenvalue weighted by atomic mass is 10.3. The first-order valence-electron chi connectivity index (χ1n) is 4.71. The van der Waals surface area contributed by atoms with Gasteiger partial charge >= 0.3 is 0 Å². The maximum Gasteiger partial charge on any atom is 0.134 e. The molecule has 0 aliphatic heterocycles. The van der Waals surface area contributed by atoms with E-state index in [-0.39, 0.29) is 0 Å². The van der Waals surface area contributed by atoms with Gasteiger partial charge in [-0.25, -0.2) is 4.98 Å². The maximum absolute atomic E-state index is 8.78. The molecule has 1 aromatic carbocycles. The second-order valence-corrected chi connectivity index (χ2v) is 5.24. The van der Waals surface area contributed by atoms with Crippen LogP contribution in [0.5, 0.6) is 0 Å². The van der Waals surface area contributed by atoms with Gasteiger partial charge in [-0.3, -0.25) is 0 Å². The van der Waals surface area contributed by atoms with Crippen LogP contribution >= 0.6 is 22.7 Å². The molecule has 2 heterocycles. The summed E-state index contributed by atoms with van der Waals surface area (Å²) in [5.74, 6) is 0. The minimum Gasteiger partial charge on any atom is -0.235 e. The molecule has 2 nitrogen and oxygen atoms in total. The van der Waals surface area contributed by atoms with Crippen LogP contribution in [0.3, 0.4) is 0 Å². The van der Waals surface area contributed by atoms with Gasteiger partial charge in [-0.15, -0.1) is 22.7 Å². The zero-order valence-corrected chi connectivity index (χ0v) is 9.81. The summed E-state index contributed by atoms with van der Waals surface area (Å²) in [5, 5.41) is 11.6. The van der Waals surface area contributed by atoms with E-state index in [1.807, 2.05) is 29.6 Å². The molecule has 76 valence electrons. The van der Waals surface area contributed by atoms with Crippen LogP contribution in [0.1, 0.15) is 5.56 Å². The SMILES string of the molecule is N#Cc1csc(-c2nc3ccccc3s2)c1. The van der Waals surface area contributed by atoms with Gasteiger partial charge < -0.3 is 0 Å². The van der Waals surface area contributed by atoms with Crippen LogP contribution in [0.15, 0.2) is 35.7 Å². The van der Waals surface area contributed by atoms with Gasteiger partial charge in [0.25, 0.3) is 0 Å². The zero-order valence-electron chi connectivity index (χ0n) is 8.18. The maximum atomic E-state index is 8.78. The predicted octanol–water partition coefficient (Wildman–Crippen LogP) is 3.90. The van der Waals surface area contributed by atoms with Crippen molar-refractivity contribution < 1.29 is 0 Å². The van der Waals surface area contributed by atoms with Gasteiger partial charge in [0.05, 0.1) is 20.7 Å². The Kier molecular flexibility index (Phi) is 2.21. The van der Waals surface area contributed by atoms with E-state index >= 15 is 0 Å². The first-order valence-corrected chi connectivity index (χ1v) is 6.41. The molecule has 0 atom stereocenters. The lowest BCUT2D eigenvalue weighted by Crippen LogP contribution is -1.68. The highest BCUT2D eigenvalue weighted by Crippen LogP contribution is 2.33. The third kappa shape index (κ3) is 1.51. The number of aromatic nitrogens is 1. The smallest absolute Gasteiger partial charge is 0.134 e. The highest BCUT2D eigenvalue weighted by Gasteiger charge is 2.08. The number of fused-ring (bicyclic) bond motifs is 1. The average Bonchev–Trinajstić information content (AvgIpc) is 2.95. The van der Waals surface area contributed by atoms with E-state index in [0.717, 1.165) is 15.4 Å². The Morgan fingerprint density at radius 2 is 2.12 bits per heavy atom. The normalized spacial score (nSPS) is 10.4. The second kappa shape index (κ2) is 3.71. The van der Waals surface area contributed by atoms with Crippen LogP contribution in [0, 0.1) is 11.3 Å². The minimum absolute atomic E-state index is 0.708. The molecule has 0 amide bonds. The molecule has 0 saturated heterocycles. The lowest BCUT2D eigenvalue weighted by molar-refractivity contribution is 1.49. The van der Waals surface area contributed by atoms with Crippen molar-refractivity contribution in [1.82, 2.24) is 4.98 Å². The summed E-state index contributed by atoms with van der Waals surface area (Å²) in [7, 11) is 0. The summed E-state index contributed by atoms with van der Waals surface area (Å²) in [6.07, 6.45) is 0. The van der Waals surface area contributed by atoms with Crippen molar-refractivity contribution >= 4 is 32.9 Å². The molecule has 0 bridgehead atoms.